The smallest absolute Gasteiger partial charge is 0.179 e. The predicted molar refractivity (Wildman–Crippen MR) is 54.7 cm³/mol. The van der Waals surface area contributed by atoms with Crippen LogP contribution in [0.3, 0.4) is 0 Å². The van der Waals surface area contributed by atoms with Gasteiger partial charge in [0.2, 0.25) is 0 Å². The number of ketones is 1. The fourth-order valence-corrected chi connectivity index (χ4v) is 2.29. The Bertz CT molecular complexity index is 300. The molecular weight excluding hydrogens is 321 g/mol. The van der Waals surface area contributed by atoms with Crippen molar-refractivity contribution in [1.29, 1.82) is 0 Å². The van der Waals surface area contributed by atoms with Crippen molar-refractivity contribution in [2.24, 2.45) is 0 Å². The Balaban J connectivity index is 3.20. The minimum absolute atomic E-state index is 0.00176. The van der Waals surface area contributed by atoms with Gasteiger partial charge in [0, 0.05) is 21.2 Å². The van der Waals surface area contributed by atoms with Gasteiger partial charge in [-0.3, -0.25) is 9.78 Å². The highest BCUT2D eigenvalue weighted by Crippen LogP contribution is 2.15. The summed E-state index contributed by atoms with van der Waals surface area (Å²) in [5.41, 5.74) is 0.536. The van der Waals surface area contributed by atoms with E-state index in [-0.39, 0.29) is 5.78 Å². The number of hydrogen-bond donors (Lipinski definition) is 0. The zero-order valence-electron chi connectivity index (χ0n) is 5.77. The van der Waals surface area contributed by atoms with E-state index in [9.17, 15) is 4.79 Å². The molecule has 0 saturated heterocycles. The first-order valence-corrected chi connectivity index (χ1v) is 4.80. The summed E-state index contributed by atoms with van der Waals surface area (Å²) in [5, 5.41) is 0. The number of rotatable bonds is 1. The molecular formula is C7H5BrINO. The third-order valence-corrected chi connectivity index (χ3v) is 2.40. The minimum atomic E-state index is 0.00176. The van der Waals surface area contributed by atoms with Gasteiger partial charge < -0.3 is 0 Å². The van der Waals surface area contributed by atoms with Crippen molar-refractivity contribution in [1.82, 2.24) is 4.98 Å². The van der Waals surface area contributed by atoms with Crippen molar-refractivity contribution in [3.05, 3.63) is 26.0 Å². The summed E-state index contributed by atoms with van der Waals surface area (Å²) in [6.45, 7) is 1.51. The van der Waals surface area contributed by atoms with E-state index in [0.717, 1.165) is 8.04 Å². The van der Waals surface area contributed by atoms with Crippen molar-refractivity contribution < 1.29 is 4.79 Å². The first kappa shape index (κ1) is 9.12. The number of hydrogen-bond acceptors (Lipinski definition) is 2. The lowest BCUT2D eigenvalue weighted by Gasteiger charge is -1.97. The lowest BCUT2D eigenvalue weighted by molar-refractivity contribution is 0.101. The van der Waals surface area contributed by atoms with Crippen LogP contribution in [-0.4, -0.2) is 10.8 Å². The molecule has 58 valence electrons. The van der Waals surface area contributed by atoms with E-state index in [1.807, 2.05) is 6.07 Å². The molecule has 1 aromatic rings. The highest BCUT2D eigenvalue weighted by atomic mass is 127. The molecule has 0 amide bonds. The lowest BCUT2D eigenvalue weighted by atomic mass is 10.3. The molecule has 0 atom stereocenters. The lowest BCUT2D eigenvalue weighted by Crippen LogP contribution is -1.99. The van der Waals surface area contributed by atoms with Gasteiger partial charge in [0.25, 0.3) is 0 Å². The second kappa shape index (κ2) is 3.62. The van der Waals surface area contributed by atoms with Crippen LogP contribution in [0.25, 0.3) is 0 Å². The topological polar surface area (TPSA) is 30.0 Å². The molecule has 0 radical (unpaired) electrons. The van der Waals surface area contributed by atoms with E-state index in [4.69, 9.17) is 0 Å². The normalized spacial score (nSPS) is 9.73. The van der Waals surface area contributed by atoms with E-state index >= 15 is 0 Å². The van der Waals surface area contributed by atoms with E-state index in [0.29, 0.717) is 5.69 Å². The van der Waals surface area contributed by atoms with Crippen LogP contribution in [0.15, 0.2) is 16.7 Å². The Hall–Kier alpha value is 0.0300. The maximum Gasteiger partial charge on any atom is 0.179 e. The van der Waals surface area contributed by atoms with E-state index < -0.39 is 0 Å². The van der Waals surface area contributed by atoms with Crippen molar-refractivity contribution in [2.75, 3.05) is 0 Å². The predicted octanol–water partition coefficient (Wildman–Crippen LogP) is 2.65. The number of nitrogens with zero attached hydrogens (tertiary/aromatic N) is 1. The molecule has 0 aliphatic rings. The van der Waals surface area contributed by atoms with Gasteiger partial charge in [0.05, 0.1) is 0 Å². The first-order chi connectivity index (χ1) is 5.11. The van der Waals surface area contributed by atoms with Crippen LogP contribution >= 0.6 is 38.5 Å². The zero-order valence-corrected chi connectivity index (χ0v) is 9.51. The van der Waals surface area contributed by atoms with Gasteiger partial charge >= 0.3 is 0 Å². The van der Waals surface area contributed by atoms with Gasteiger partial charge in [-0.15, -0.1) is 0 Å². The third-order valence-electron chi connectivity index (χ3n) is 1.14. The maximum atomic E-state index is 10.9. The van der Waals surface area contributed by atoms with Gasteiger partial charge in [-0.1, -0.05) is 0 Å². The second-order valence-corrected chi connectivity index (χ2v) is 4.12. The van der Waals surface area contributed by atoms with Crippen molar-refractivity contribution in [3.63, 3.8) is 0 Å². The average Bonchev–Trinajstić information content (AvgIpc) is 1.85. The Morgan fingerprint density at radius 3 is 2.82 bits per heavy atom. The third kappa shape index (κ3) is 2.23. The van der Waals surface area contributed by atoms with Crippen molar-refractivity contribution in [2.45, 2.75) is 6.92 Å². The number of carbonyl (C=O) groups is 1. The number of pyridine rings is 1. The number of aromatic nitrogens is 1. The summed E-state index contributed by atoms with van der Waals surface area (Å²) in [6, 6.07) is 1.87. The molecule has 0 bridgehead atoms. The molecule has 1 rings (SSSR count). The van der Waals surface area contributed by atoms with Crippen LogP contribution in [0.1, 0.15) is 17.4 Å². The van der Waals surface area contributed by atoms with Gasteiger partial charge in [-0.05, 0) is 44.6 Å². The highest BCUT2D eigenvalue weighted by Gasteiger charge is 2.05. The van der Waals surface area contributed by atoms with Crippen LogP contribution < -0.4 is 0 Å². The standard InChI is InChI=1S/C7H5BrINO/c1-4(11)7-6(9)2-5(8)3-10-7/h2-3H,1H3. The summed E-state index contributed by atoms with van der Waals surface area (Å²) < 4.78 is 1.77. The summed E-state index contributed by atoms with van der Waals surface area (Å²) in [4.78, 5) is 14.9. The number of Topliss-reactive ketones (excluding diaryl/α,β-unsaturated/α-hetero) is 1. The SMILES string of the molecule is CC(=O)c1ncc(Br)cc1I. The molecule has 4 heteroatoms. The number of halogens is 2. The molecule has 11 heavy (non-hydrogen) atoms. The van der Waals surface area contributed by atoms with Crippen molar-refractivity contribution >= 4 is 44.3 Å². The molecule has 0 N–H and O–H groups in total. The summed E-state index contributed by atoms with van der Waals surface area (Å²) in [5.74, 6) is 0.00176. The first-order valence-electron chi connectivity index (χ1n) is 2.93. The summed E-state index contributed by atoms with van der Waals surface area (Å²) in [6.07, 6.45) is 1.62. The van der Waals surface area contributed by atoms with E-state index in [2.05, 4.69) is 43.5 Å². The molecule has 0 unspecified atom stereocenters. The molecule has 0 aliphatic heterocycles. The van der Waals surface area contributed by atoms with Gasteiger partial charge in [0.1, 0.15) is 5.69 Å². The van der Waals surface area contributed by atoms with Crippen LogP contribution in [0.2, 0.25) is 0 Å². The number of carbonyl (C=O) groups excluding carboxylic acids is 1. The Labute approximate surface area is 86.7 Å². The summed E-state index contributed by atoms with van der Waals surface area (Å²) in [7, 11) is 0. The molecule has 0 spiro atoms. The fourth-order valence-electron chi connectivity index (χ4n) is 0.674. The van der Waals surface area contributed by atoms with Crippen LogP contribution in [0.5, 0.6) is 0 Å². The second-order valence-electron chi connectivity index (χ2n) is 2.04. The van der Waals surface area contributed by atoms with E-state index in [1.54, 1.807) is 6.20 Å². The maximum absolute atomic E-state index is 10.9. The molecule has 2 nitrogen and oxygen atoms in total. The minimum Gasteiger partial charge on any atom is -0.293 e. The average molecular weight is 326 g/mol. The summed E-state index contributed by atoms with van der Waals surface area (Å²) >= 11 is 5.35. The molecule has 1 heterocycles. The van der Waals surface area contributed by atoms with Gasteiger partial charge in [-0.25, -0.2) is 0 Å². The Kier molecular flexibility index (Phi) is 3.00. The largest absolute Gasteiger partial charge is 0.293 e. The quantitative estimate of drug-likeness (QED) is 0.587. The van der Waals surface area contributed by atoms with Crippen LogP contribution in [-0.2, 0) is 0 Å². The molecule has 0 saturated carbocycles. The Morgan fingerprint density at radius 2 is 2.36 bits per heavy atom. The molecule has 0 aliphatic carbocycles. The Morgan fingerprint density at radius 1 is 1.73 bits per heavy atom. The van der Waals surface area contributed by atoms with E-state index in [1.165, 1.54) is 6.92 Å². The van der Waals surface area contributed by atoms with Crippen LogP contribution in [0.4, 0.5) is 0 Å². The van der Waals surface area contributed by atoms with Gasteiger partial charge in [0.15, 0.2) is 5.78 Å². The molecule has 0 aromatic carbocycles. The van der Waals surface area contributed by atoms with Crippen molar-refractivity contribution in [3.8, 4) is 0 Å². The zero-order chi connectivity index (χ0) is 8.43. The monoisotopic (exact) mass is 325 g/mol. The van der Waals surface area contributed by atoms with Crippen LogP contribution in [0, 0.1) is 3.57 Å². The highest BCUT2D eigenvalue weighted by molar-refractivity contribution is 14.1. The fraction of sp³-hybridized carbons (Fsp3) is 0.143. The van der Waals surface area contributed by atoms with Gasteiger partial charge in [-0.2, -0.15) is 0 Å². The molecule has 1 aromatic heterocycles. The molecule has 0 fully saturated rings.